The number of hydrogen-bond acceptors (Lipinski definition) is 3. The highest BCUT2D eigenvalue weighted by atomic mass is 16.5. The fourth-order valence-corrected chi connectivity index (χ4v) is 1.98. The van der Waals surface area contributed by atoms with Gasteiger partial charge in [0.1, 0.15) is 5.54 Å². The largest absolute Gasteiger partial charge is 0.461 e. The summed E-state index contributed by atoms with van der Waals surface area (Å²) in [5.41, 5.74) is 5.24. The molecule has 0 radical (unpaired) electrons. The molecule has 1 aliphatic carbocycles. The van der Waals surface area contributed by atoms with Crippen molar-refractivity contribution in [2.45, 2.75) is 76.9 Å². The van der Waals surface area contributed by atoms with E-state index in [1.165, 1.54) is 19.3 Å². The van der Waals surface area contributed by atoms with E-state index >= 15 is 0 Å². The average molecular weight is 227 g/mol. The molecule has 0 aromatic rings. The summed E-state index contributed by atoms with van der Waals surface area (Å²) in [5, 5.41) is 0. The number of hydrogen-bond donors (Lipinski definition) is 1. The Hall–Kier alpha value is -0.570. The maximum absolute atomic E-state index is 11.7. The van der Waals surface area contributed by atoms with E-state index in [4.69, 9.17) is 10.5 Å². The van der Waals surface area contributed by atoms with Gasteiger partial charge in [0.15, 0.2) is 0 Å². The first kappa shape index (κ1) is 13.5. The highest BCUT2D eigenvalue weighted by Crippen LogP contribution is 2.30. The van der Waals surface area contributed by atoms with Crippen molar-refractivity contribution in [3.63, 3.8) is 0 Å². The maximum atomic E-state index is 11.7. The van der Waals surface area contributed by atoms with E-state index in [1.54, 1.807) is 0 Å². The van der Waals surface area contributed by atoms with Crippen LogP contribution < -0.4 is 5.73 Å². The van der Waals surface area contributed by atoms with Crippen LogP contribution in [0.15, 0.2) is 0 Å². The van der Waals surface area contributed by atoms with Gasteiger partial charge in [-0.25, -0.2) is 0 Å². The molecule has 1 saturated carbocycles. The third-order valence-electron chi connectivity index (χ3n) is 3.42. The highest BCUT2D eigenvalue weighted by Gasteiger charge is 2.42. The number of unbranched alkanes of at least 4 members (excludes halogenated alkanes) is 3. The molecule has 1 atom stereocenters. The number of esters is 1. The zero-order valence-corrected chi connectivity index (χ0v) is 10.6. The van der Waals surface area contributed by atoms with E-state index in [0.29, 0.717) is 0 Å². The fraction of sp³-hybridized carbons (Fsp3) is 0.923. The zero-order valence-electron chi connectivity index (χ0n) is 10.6. The summed E-state index contributed by atoms with van der Waals surface area (Å²) < 4.78 is 5.37. The van der Waals surface area contributed by atoms with Crippen LogP contribution in [0, 0.1) is 0 Å². The molecular formula is C13H25NO2. The van der Waals surface area contributed by atoms with Crippen LogP contribution in [0.2, 0.25) is 0 Å². The number of nitrogens with two attached hydrogens (primary N) is 1. The van der Waals surface area contributed by atoms with Crippen LogP contribution in [-0.2, 0) is 9.53 Å². The highest BCUT2D eigenvalue weighted by molar-refractivity contribution is 5.81. The van der Waals surface area contributed by atoms with Crippen LogP contribution in [0.4, 0.5) is 0 Å². The first-order valence-electron chi connectivity index (χ1n) is 6.58. The van der Waals surface area contributed by atoms with Crippen molar-refractivity contribution in [3.05, 3.63) is 0 Å². The van der Waals surface area contributed by atoms with Crippen molar-refractivity contribution < 1.29 is 9.53 Å². The minimum absolute atomic E-state index is 0.0189. The van der Waals surface area contributed by atoms with Crippen LogP contribution in [0.1, 0.15) is 65.2 Å². The Labute approximate surface area is 98.7 Å². The fourth-order valence-electron chi connectivity index (χ4n) is 1.98. The van der Waals surface area contributed by atoms with E-state index < -0.39 is 5.54 Å². The second-order valence-electron chi connectivity index (χ2n) is 5.07. The topological polar surface area (TPSA) is 52.3 Å². The SMILES string of the molecule is CCCCCCC(C)OC(=O)C1(N)CCC1. The zero-order chi connectivity index (χ0) is 12.0. The smallest absolute Gasteiger partial charge is 0.326 e. The minimum Gasteiger partial charge on any atom is -0.461 e. The van der Waals surface area contributed by atoms with Gasteiger partial charge in [-0.15, -0.1) is 0 Å². The Morgan fingerprint density at radius 1 is 1.38 bits per heavy atom. The van der Waals surface area contributed by atoms with Crippen molar-refractivity contribution in [3.8, 4) is 0 Å². The van der Waals surface area contributed by atoms with Gasteiger partial charge in [0.2, 0.25) is 0 Å². The summed E-state index contributed by atoms with van der Waals surface area (Å²) in [6, 6.07) is 0. The monoisotopic (exact) mass is 227 g/mol. The van der Waals surface area contributed by atoms with Crippen molar-refractivity contribution in [2.24, 2.45) is 5.73 Å². The standard InChI is InChI=1S/C13H25NO2/c1-3-4-5-6-8-11(2)16-12(15)13(14)9-7-10-13/h11H,3-10,14H2,1-2H3. The Morgan fingerprint density at radius 3 is 2.56 bits per heavy atom. The van der Waals surface area contributed by atoms with E-state index in [2.05, 4.69) is 6.92 Å². The number of carbonyl (C=O) groups is 1. The second-order valence-corrected chi connectivity index (χ2v) is 5.07. The Kier molecular flexibility index (Phi) is 5.26. The van der Waals surface area contributed by atoms with Gasteiger partial charge in [0.05, 0.1) is 6.10 Å². The van der Waals surface area contributed by atoms with Gasteiger partial charge in [-0.2, -0.15) is 0 Å². The molecule has 0 aliphatic heterocycles. The molecule has 2 N–H and O–H groups in total. The molecule has 3 heteroatoms. The Morgan fingerprint density at radius 2 is 2.06 bits per heavy atom. The van der Waals surface area contributed by atoms with Gasteiger partial charge < -0.3 is 10.5 Å². The molecule has 1 fully saturated rings. The second kappa shape index (κ2) is 6.24. The summed E-state index contributed by atoms with van der Waals surface area (Å²) >= 11 is 0. The molecule has 1 aliphatic rings. The van der Waals surface area contributed by atoms with Crippen molar-refractivity contribution in [1.29, 1.82) is 0 Å². The predicted molar refractivity (Wildman–Crippen MR) is 65.1 cm³/mol. The molecule has 1 rings (SSSR count). The van der Waals surface area contributed by atoms with Gasteiger partial charge >= 0.3 is 5.97 Å². The molecule has 3 nitrogen and oxygen atoms in total. The summed E-state index contributed by atoms with van der Waals surface area (Å²) in [6.45, 7) is 4.16. The molecular weight excluding hydrogens is 202 g/mol. The van der Waals surface area contributed by atoms with Gasteiger partial charge in [-0.3, -0.25) is 4.79 Å². The molecule has 1 unspecified atom stereocenters. The molecule has 0 bridgehead atoms. The third kappa shape index (κ3) is 3.78. The summed E-state index contributed by atoms with van der Waals surface area (Å²) in [5.74, 6) is -0.193. The molecule has 0 saturated heterocycles. The normalized spacial score (nSPS) is 19.9. The van der Waals surface area contributed by atoms with Crippen LogP contribution in [0.5, 0.6) is 0 Å². The van der Waals surface area contributed by atoms with Crippen LogP contribution in [-0.4, -0.2) is 17.6 Å². The average Bonchev–Trinajstić information content (AvgIpc) is 2.21. The number of rotatable bonds is 7. The van der Waals surface area contributed by atoms with E-state index in [1.807, 2.05) is 6.92 Å². The van der Waals surface area contributed by atoms with Crippen molar-refractivity contribution in [2.75, 3.05) is 0 Å². The van der Waals surface area contributed by atoms with Crippen LogP contribution >= 0.6 is 0 Å². The lowest BCUT2D eigenvalue weighted by molar-refractivity contribution is -0.158. The Balaban J connectivity index is 2.13. The molecule has 94 valence electrons. The first-order chi connectivity index (χ1) is 7.58. The van der Waals surface area contributed by atoms with Crippen molar-refractivity contribution in [1.82, 2.24) is 0 Å². The molecule has 0 aromatic heterocycles. The lowest BCUT2D eigenvalue weighted by atomic mass is 9.78. The lowest BCUT2D eigenvalue weighted by Crippen LogP contribution is -2.55. The minimum atomic E-state index is -0.655. The molecule has 0 heterocycles. The van der Waals surface area contributed by atoms with E-state index in [0.717, 1.165) is 32.1 Å². The molecule has 0 aromatic carbocycles. The molecule has 0 spiro atoms. The quantitative estimate of drug-likeness (QED) is 0.537. The van der Waals surface area contributed by atoms with E-state index in [-0.39, 0.29) is 12.1 Å². The lowest BCUT2D eigenvalue weighted by Gasteiger charge is -2.36. The van der Waals surface area contributed by atoms with Gasteiger partial charge in [-0.05, 0) is 39.0 Å². The van der Waals surface area contributed by atoms with Gasteiger partial charge in [-0.1, -0.05) is 26.2 Å². The van der Waals surface area contributed by atoms with Gasteiger partial charge in [0, 0.05) is 0 Å². The molecule has 0 amide bonds. The third-order valence-corrected chi connectivity index (χ3v) is 3.42. The van der Waals surface area contributed by atoms with Crippen LogP contribution in [0.25, 0.3) is 0 Å². The predicted octanol–water partition coefficient (Wildman–Crippen LogP) is 2.77. The Bertz CT molecular complexity index is 224. The first-order valence-corrected chi connectivity index (χ1v) is 6.58. The summed E-state index contributed by atoms with van der Waals surface area (Å²) in [7, 11) is 0. The van der Waals surface area contributed by atoms with Crippen molar-refractivity contribution >= 4 is 5.97 Å². The molecule has 16 heavy (non-hydrogen) atoms. The number of ether oxygens (including phenoxy) is 1. The summed E-state index contributed by atoms with van der Waals surface area (Å²) in [4.78, 5) is 11.7. The number of carbonyl (C=O) groups excluding carboxylic acids is 1. The van der Waals surface area contributed by atoms with E-state index in [9.17, 15) is 4.79 Å². The van der Waals surface area contributed by atoms with Crippen LogP contribution in [0.3, 0.4) is 0 Å². The summed E-state index contributed by atoms with van der Waals surface area (Å²) in [6.07, 6.45) is 8.47. The van der Waals surface area contributed by atoms with Gasteiger partial charge in [0.25, 0.3) is 0 Å². The maximum Gasteiger partial charge on any atom is 0.326 e.